The van der Waals surface area contributed by atoms with Crippen LogP contribution < -0.4 is 0 Å². The highest BCUT2D eigenvalue weighted by atomic mass is 19.4. The van der Waals surface area contributed by atoms with E-state index in [4.69, 9.17) is 4.42 Å². The van der Waals surface area contributed by atoms with Gasteiger partial charge in [-0.2, -0.15) is 13.2 Å². The average Bonchev–Trinajstić information content (AvgIpc) is 3.20. The van der Waals surface area contributed by atoms with Gasteiger partial charge in [-0.15, -0.1) is 0 Å². The molecule has 30 heavy (non-hydrogen) atoms. The van der Waals surface area contributed by atoms with E-state index in [-0.39, 0.29) is 5.92 Å². The summed E-state index contributed by atoms with van der Waals surface area (Å²) in [5.74, 6) is 0.181. The van der Waals surface area contributed by atoms with Crippen molar-refractivity contribution in [3.05, 3.63) is 83.5 Å². The molecule has 0 aliphatic carbocycles. The predicted octanol–water partition coefficient (Wildman–Crippen LogP) is 5.49. The van der Waals surface area contributed by atoms with E-state index in [2.05, 4.69) is 40.1 Å². The van der Waals surface area contributed by atoms with Crippen LogP contribution in [-0.4, -0.2) is 28.5 Å². The molecule has 0 amide bonds. The molecule has 7 heteroatoms. The molecule has 152 valence electrons. The van der Waals surface area contributed by atoms with E-state index in [1.807, 2.05) is 24.3 Å². The Labute approximate surface area is 171 Å². The second-order valence-corrected chi connectivity index (χ2v) is 7.67. The maximum atomic E-state index is 12.8. The van der Waals surface area contributed by atoms with Crippen molar-refractivity contribution in [3.63, 3.8) is 0 Å². The van der Waals surface area contributed by atoms with Crippen LogP contribution in [0.2, 0.25) is 0 Å². The fraction of sp³-hybridized carbons (Fsp3) is 0.217. The Balaban J connectivity index is 1.52. The molecule has 4 nitrogen and oxygen atoms in total. The number of alkyl halides is 3. The average molecular weight is 409 g/mol. The number of hydrogen-bond donors (Lipinski definition) is 0. The molecular weight excluding hydrogens is 391 g/mol. The normalized spacial score (nSPS) is 17.3. The minimum atomic E-state index is -4.49. The molecule has 1 unspecified atom stereocenters. The van der Waals surface area contributed by atoms with Gasteiger partial charge in [0.05, 0.1) is 24.4 Å². The fourth-order valence-electron chi connectivity index (χ4n) is 4.10. The summed E-state index contributed by atoms with van der Waals surface area (Å²) in [6.07, 6.45) is -0.846. The molecule has 1 aliphatic rings. The number of likely N-dealkylation sites (N-methyl/N-ethyl adjacent to an activating group) is 1. The SMILES string of the molecule is CN1Cc2cc(-c3cnc(C(F)(F)F)cn3)ccc2C(c2ccc3ccoc3c2)C1. The largest absolute Gasteiger partial charge is 0.464 e. The Morgan fingerprint density at radius 1 is 1.03 bits per heavy atom. The van der Waals surface area contributed by atoms with E-state index < -0.39 is 11.9 Å². The molecule has 0 saturated heterocycles. The number of rotatable bonds is 2. The lowest BCUT2D eigenvalue weighted by Gasteiger charge is -2.33. The first-order valence-electron chi connectivity index (χ1n) is 9.56. The summed E-state index contributed by atoms with van der Waals surface area (Å²) >= 11 is 0. The zero-order chi connectivity index (χ0) is 20.9. The van der Waals surface area contributed by atoms with Crippen molar-refractivity contribution in [2.24, 2.45) is 0 Å². The van der Waals surface area contributed by atoms with Gasteiger partial charge < -0.3 is 9.32 Å². The lowest BCUT2D eigenvalue weighted by Crippen LogP contribution is -2.31. The molecular formula is C23H18F3N3O. The van der Waals surface area contributed by atoms with Crippen molar-refractivity contribution in [2.75, 3.05) is 13.6 Å². The predicted molar refractivity (Wildman–Crippen MR) is 107 cm³/mol. The third-order valence-electron chi connectivity index (χ3n) is 5.57. The van der Waals surface area contributed by atoms with Gasteiger partial charge in [0.15, 0.2) is 5.69 Å². The van der Waals surface area contributed by atoms with E-state index in [1.165, 1.54) is 17.3 Å². The van der Waals surface area contributed by atoms with Crippen LogP contribution in [0.3, 0.4) is 0 Å². The minimum absolute atomic E-state index is 0.181. The molecule has 3 heterocycles. The Kier molecular flexibility index (Phi) is 4.36. The van der Waals surface area contributed by atoms with Gasteiger partial charge in [0.2, 0.25) is 0 Å². The Bertz CT molecular complexity index is 1210. The Morgan fingerprint density at radius 2 is 1.90 bits per heavy atom. The van der Waals surface area contributed by atoms with Crippen LogP contribution in [-0.2, 0) is 12.7 Å². The minimum Gasteiger partial charge on any atom is -0.464 e. The molecule has 0 N–H and O–H groups in total. The summed E-state index contributed by atoms with van der Waals surface area (Å²) in [7, 11) is 2.06. The molecule has 5 rings (SSSR count). The molecule has 0 spiro atoms. The van der Waals surface area contributed by atoms with Crippen molar-refractivity contribution < 1.29 is 17.6 Å². The number of hydrogen-bond acceptors (Lipinski definition) is 4. The number of aromatic nitrogens is 2. The topological polar surface area (TPSA) is 42.2 Å². The van der Waals surface area contributed by atoms with Gasteiger partial charge in [-0.05, 0) is 41.9 Å². The zero-order valence-electron chi connectivity index (χ0n) is 16.1. The number of fused-ring (bicyclic) bond motifs is 2. The molecule has 0 fully saturated rings. The third kappa shape index (κ3) is 3.35. The monoisotopic (exact) mass is 409 g/mol. The molecule has 1 atom stereocenters. The lowest BCUT2D eigenvalue weighted by molar-refractivity contribution is -0.141. The first kappa shape index (κ1) is 18.8. The van der Waals surface area contributed by atoms with Crippen LogP contribution >= 0.6 is 0 Å². The third-order valence-corrected chi connectivity index (χ3v) is 5.57. The van der Waals surface area contributed by atoms with Gasteiger partial charge in [0, 0.05) is 30.0 Å². The second-order valence-electron chi connectivity index (χ2n) is 7.67. The summed E-state index contributed by atoms with van der Waals surface area (Å²) in [4.78, 5) is 9.75. The highest BCUT2D eigenvalue weighted by Crippen LogP contribution is 2.36. The highest BCUT2D eigenvalue weighted by molar-refractivity contribution is 5.78. The first-order valence-corrected chi connectivity index (χ1v) is 9.56. The Morgan fingerprint density at radius 3 is 2.67 bits per heavy atom. The zero-order valence-corrected chi connectivity index (χ0v) is 16.1. The van der Waals surface area contributed by atoms with Crippen LogP contribution in [0.25, 0.3) is 22.2 Å². The summed E-state index contributed by atoms with van der Waals surface area (Å²) in [5.41, 5.74) is 4.57. The van der Waals surface area contributed by atoms with E-state index in [0.717, 1.165) is 41.4 Å². The summed E-state index contributed by atoms with van der Waals surface area (Å²) in [5, 5.41) is 1.07. The molecule has 2 aromatic carbocycles. The van der Waals surface area contributed by atoms with Gasteiger partial charge in [-0.25, -0.2) is 4.98 Å². The summed E-state index contributed by atoms with van der Waals surface area (Å²) in [6, 6.07) is 14.2. The van der Waals surface area contributed by atoms with E-state index in [1.54, 1.807) is 6.26 Å². The van der Waals surface area contributed by atoms with Crippen molar-refractivity contribution in [2.45, 2.75) is 18.6 Å². The van der Waals surface area contributed by atoms with Crippen LogP contribution in [0.1, 0.15) is 28.3 Å². The molecule has 0 bridgehead atoms. The maximum absolute atomic E-state index is 12.8. The smallest absolute Gasteiger partial charge is 0.434 e. The number of benzene rings is 2. The second kappa shape index (κ2) is 6.95. The maximum Gasteiger partial charge on any atom is 0.434 e. The summed E-state index contributed by atoms with van der Waals surface area (Å²) < 4.78 is 43.8. The quantitative estimate of drug-likeness (QED) is 0.439. The van der Waals surface area contributed by atoms with Crippen molar-refractivity contribution >= 4 is 11.0 Å². The standard InChI is InChI=1S/C23H18F3N3O/c1-29-12-17-8-16(20-10-28-22(11-27-20)23(24,25)26)4-5-18(17)19(13-29)15-3-2-14-6-7-30-21(14)9-15/h2-11,19H,12-13H2,1H3. The molecule has 0 radical (unpaired) electrons. The number of halogens is 3. The molecule has 2 aromatic heterocycles. The van der Waals surface area contributed by atoms with Gasteiger partial charge in [0.1, 0.15) is 5.58 Å². The van der Waals surface area contributed by atoms with Gasteiger partial charge in [0.25, 0.3) is 0 Å². The van der Waals surface area contributed by atoms with E-state index in [0.29, 0.717) is 5.69 Å². The van der Waals surface area contributed by atoms with Gasteiger partial charge in [-0.3, -0.25) is 4.98 Å². The van der Waals surface area contributed by atoms with E-state index in [9.17, 15) is 13.2 Å². The van der Waals surface area contributed by atoms with Crippen LogP contribution in [0.15, 0.2) is 65.5 Å². The van der Waals surface area contributed by atoms with E-state index >= 15 is 0 Å². The highest BCUT2D eigenvalue weighted by Gasteiger charge is 2.33. The molecule has 0 saturated carbocycles. The lowest BCUT2D eigenvalue weighted by atomic mass is 9.83. The summed E-state index contributed by atoms with van der Waals surface area (Å²) in [6.45, 7) is 1.63. The van der Waals surface area contributed by atoms with Crippen LogP contribution in [0.5, 0.6) is 0 Å². The van der Waals surface area contributed by atoms with Crippen LogP contribution in [0, 0.1) is 0 Å². The number of furan rings is 1. The molecule has 1 aliphatic heterocycles. The molecule has 4 aromatic rings. The van der Waals surface area contributed by atoms with Crippen molar-refractivity contribution in [3.8, 4) is 11.3 Å². The Hall–Kier alpha value is -3.19. The van der Waals surface area contributed by atoms with Gasteiger partial charge in [-0.1, -0.05) is 24.3 Å². The number of nitrogens with zero attached hydrogens (tertiary/aromatic N) is 3. The fourth-order valence-corrected chi connectivity index (χ4v) is 4.10. The van der Waals surface area contributed by atoms with Gasteiger partial charge >= 0.3 is 6.18 Å². The van der Waals surface area contributed by atoms with Crippen molar-refractivity contribution in [1.29, 1.82) is 0 Å². The van der Waals surface area contributed by atoms with Crippen LogP contribution in [0.4, 0.5) is 13.2 Å². The van der Waals surface area contributed by atoms with Crippen molar-refractivity contribution in [1.82, 2.24) is 14.9 Å². The first-order chi connectivity index (χ1) is 14.4.